The van der Waals surface area contributed by atoms with Gasteiger partial charge in [0.1, 0.15) is 5.37 Å². The van der Waals surface area contributed by atoms with Crippen molar-refractivity contribution in [3.8, 4) is 0 Å². The monoisotopic (exact) mass is 240 g/mol. The molecule has 0 aliphatic rings. The maximum Gasteiger partial charge on any atom is 0.499 e. The van der Waals surface area contributed by atoms with Gasteiger partial charge in [-0.1, -0.05) is 6.07 Å². The van der Waals surface area contributed by atoms with E-state index < -0.39 is 20.7 Å². The van der Waals surface area contributed by atoms with Crippen molar-refractivity contribution >= 4 is 9.84 Å². The molecule has 1 aromatic heterocycles. The zero-order valence-electron chi connectivity index (χ0n) is 7.27. The van der Waals surface area contributed by atoms with Crippen LogP contribution in [0.4, 0.5) is 13.2 Å². The minimum absolute atomic E-state index is 0.199. The van der Waals surface area contributed by atoms with Crippen LogP contribution >= 0.6 is 0 Å². The van der Waals surface area contributed by atoms with Crippen molar-refractivity contribution in [1.82, 2.24) is 4.98 Å². The van der Waals surface area contributed by atoms with Crippen LogP contribution in [0, 0.1) is 0 Å². The second-order valence-electron chi connectivity index (χ2n) is 2.70. The molecular formula is C7H7F3N2O2S. The molecule has 1 heterocycles. The molecule has 0 saturated carbocycles. The molecule has 0 spiro atoms. The van der Waals surface area contributed by atoms with E-state index in [2.05, 4.69) is 4.98 Å². The van der Waals surface area contributed by atoms with Gasteiger partial charge in [0.15, 0.2) is 0 Å². The van der Waals surface area contributed by atoms with Crippen LogP contribution in [0.3, 0.4) is 0 Å². The normalized spacial score (nSPS) is 14.9. The number of aromatic nitrogens is 1. The first kappa shape index (κ1) is 11.9. The molecule has 0 fully saturated rings. The predicted octanol–water partition coefficient (Wildman–Crippen LogP) is 0.974. The highest BCUT2D eigenvalue weighted by molar-refractivity contribution is 7.92. The number of halogens is 3. The number of nitrogens with two attached hydrogens (primary N) is 1. The zero-order chi connectivity index (χ0) is 11.7. The summed E-state index contributed by atoms with van der Waals surface area (Å²) in [4.78, 5) is 3.49. The molecule has 84 valence electrons. The molecule has 0 saturated heterocycles. The highest BCUT2D eigenvalue weighted by Gasteiger charge is 2.50. The van der Waals surface area contributed by atoms with Crippen LogP contribution in [0.5, 0.6) is 0 Å². The first-order chi connectivity index (χ1) is 6.77. The molecule has 0 radical (unpaired) electrons. The summed E-state index contributed by atoms with van der Waals surface area (Å²) >= 11 is 0. The van der Waals surface area contributed by atoms with E-state index in [1.165, 1.54) is 18.3 Å². The van der Waals surface area contributed by atoms with Gasteiger partial charge >= 0.3 is 5.51 Å². The molecular weight excluding hydrogens is 233 g/mol. The third-order valence-corrected chi connectivity index (χ3v) is 3.26. The van der Waals surface area contributed by atoms with Crippen LogP contribution in [0.15, 0.2) is 24.5 Å². The van der Waals surface area contributed by atoms with Crippen molar-refractivity contribution < 1.29 is 21.6 Å². The van der Waals surface area contributed by atoms with Crippen LogP contribution in [-0.4, -0.2) is 18.9 Å². The Bertz CT molecular complexity index is 429. The molecule has 0 aliphatic carbocycles. The number of sulfone groups is 1. The molecule has 0 amide bonds. The summed E-state index contributed by atoms with van der Waals surface area (Å²) in [6, 6.07) is 2.47. The maximum absolute atomic E-state index is 12.1. The Morgan fingerprint density at radius 3 is 2.40 bits per heavy atom. The summed E-state index contributed by atoms with van der Waals surface area (Å²) in [5.74, 6) is 0. The Morgan fingerprint density at radius 2 is 2.00 bits per heavy atom. The molecule has 0 aromatic carbocycles. The van der Waals surface area contributed by atoms with Gasteiger partial charge < -0.3 is 5.73 Å². The summed E-state index contributed by atoms with van der Waals surface area (Å²) in [6.07, 6.45) is 2.28. The standard InChI is InChI=1S/C7H7F3N2O2S/c8-7(9,10)15(13,14)6(11)5-2-1-3-12-4-5/h1-4,6H,11H2. The van der Waals surface area contributed by atoms with Gasteiger partial charge in [-0.25, -0.2) is 8.42 Å². The Labute approximate surface area is 83.8 Å². The number of nitrogens with zero attached hydrogens (tertiary/aromatic N) is 1. The number of hydrogen-bond acceptors (Lipinski definition) is 4. The number of hydrogen-bond donors (Lipinski definition) is 1. The molecule has 0 aliphatic heterocycles. The third kappa shape index (κ3) is 2.26. The predicted molar refractivity (Wildman–Crippen MR) is 46.1 cm³/mol. The average Bonchev–Trinajstić information content (AvgIpc) is 2.16. The molecule has 1 unspecified atom stereocenters. The van der Waals surface area contributed by atoms with Gasteiger partial charge in [-0.3, -0.25) is 4.98 Å². The van der Waals surface area contributed by atoms with Crippen LogP contribution < -0.4 is 5.73 Å². The molecule has 2 N–H and O–H groups in total. The molecule has 1 rings (SSSR count). The second kappa shape index (κ2) is 3.78. The first-order valence-corrected chi connectivity index (χ1v) is 5.27. The zero-order valence-corrected chi connectivity index (χ0v) is 8.09. The van der Waals surface area contributed by atoms with Crippen LogP contribution in [0.2, 0.25) is 0 Å². The fourth-order valence-corrected chi connectivity index (χ4v) is 1.65. The van der Waals surface area contributed by atoms with Gasteiger partial charge in [0.2, 0.25) is 0 Å². The third-order valence-electron chi connectivity index (χ3n) is 1.67. The van der Waals surface area contributed by atoms with Crippen LogP contribution in [0.25, 0.3) is 0 Å². The smallest absolute Gasteiger partial charge is 0.311 e. The molecule has 15 heavy (non-hydrogen) atoms. The van der Waals surface area contributed by atoms with Crippen molar-refractivity contribution in [1.29, 1.82) is 0 Å². The summed E-state index contributed by atoms with van der Waals surface area (Å²) in [6.45, 7) is 0. The lowest BCUT2D eigenvalue weighted by Gasteiger charge is -2.14. The molecule has 1 aromatic rings. The Kier molecular flexibility index (Phi) is 3.00. The van der Waals surface area contributed by atoms with E-state index in [1.54, 1.807) is 0 Å². The van der Waals surface area contributed by atoms with Crippen molar-refractivity contribution in [2.45, 2.75) is 10.9 Å². The lowest BCUT2D eigenvalue weighted by molar-refractivity contribution is -0.0444. The van der Waals surface area contributed by atoms with Crippen LogP contribution in [-0.2, 0) is 9.84 Å². The Balaban J connectivity index is 3.12. The summed E-state index contributed by atoms with van der Waals surface area (Å²) in [5, 5.41) is -2.13. The average molecular weight is 240 g/mol. The van der Waals surface area contributed by atoms with Crippen molar-refractivity contribution in [2.75, 3.05) is 0 Å². The van der Waals surface area contributed by atoms with Crippen molar-refractivity contribution in [2.24, 2.45) is 5.73 Å². The topological polar surface area (TPSA) is 73.0 Å². The van der Waals surface area contributed by atoms with Gasteiger partial charge in [-0.2, -0.15) is 13.2 Å². The van der Waals surface area contributed by atoms with Crippen molar-refractivity contribution in [3.63, 3.8) is 0 Å². The van der Waals surface area contributed by atoms with E-state index in [9.17, 15) is 21.6 Å². The molecule has 0 bridgehead atoms. The quantitative estimate of drug-likeness (QED) is 0.836. The summed E-state index contributed by atoms with van der Waals surface area (Å²) in [5.41, 5.74) is -0.547. The van der Waals surface area contributed by atoms with E-state index in [0.29, 0.717) is 0 Å². The van der Waals surface area contributed by atoms with Gasteiger partial charge in [0, 0.05) is 18.0 Å². The SMILES string of the molecule is NC(c1cccnc1)S(=O)(=O)C(F)(F)F. The highest BCUT2D eigenvalue weighted by Crippen LogP contribution is 2.31. The summed E-state index contributed by atoms with van der Waals surface area (Å²) < 4.78 is 58.0. The van der Waals surface area contributed by atoms with E-state index in [4.69, 9.17) is 5.73 Å². The minimum Gasteiger partial charge on any atom is -0.311 e. The van der Waals surface area contributed by atoms with Crippen LogP contribution in [0.1, 0.15) is 10.9 Å². The Morgan fingerprint density at radius 1 is 1.40 bits per heavy atom. The summed E-state index contributed by atoms with van der Waals surface area (Å²) in [7, 11) is -5.39. The fraction of sp³-hybridized carbons (Fsp3) is 0.286. The van der Waals surface area contributed by atoms with E-state index in [0.717, 1.165) is 6.20 Å². The van der Waals surface area contributed by atoms with E-state index in [1.807, 2.05) is 0 Å². The highest BCUT2D eigenvalue weighted by atomic mass is 32.2. The fourth-order valence-electron chi connectivity index (χ4n) is 0.867. The lowest BCUT2D eigenvalue weighted by Crippen LogP contribution is -2.33. The molecule has 8 heteroatoms. The van der Waals surface area contributed by atoms with E-state index in [-0.39, 0.29) is 5.56 Å². The lowest BCUT2D eigenvalue weighted by atomic mass is 10.3. The maximum atomic E-state index is 12.1. The number of alkyl halides is 3. The van der Waals surface area contributed by atoms with Gasteiger partial charge in [0.25, 0.3) is 9.84 Å². The Hall–Kier alpha value is -1.15. The van der Waals surface area contributed by atoms with Gasteiger partial charge in [0.05, 0.1) is 0 Å². The number of pyridine rings is 1. The molecule has 1 atom stereocenters. The largest absolute Gasteiger partial charge is 0.499 e. The van der Waals surface area contributed by atoms with Gasteiger partial charge in [-0.15, -0.1) is 0 Å². The first-order valence-electron chi connectivity index (χ1n) is 3.72. The number of rotatable bonds is 2. The van der Waals surface area contributed by atoms with Crippen molar-refractivity contribution in [3.05, 3.63) is 30.1 Å². The van der Waals surface area contributed by atoms with Gasteiger partial charge in [-0.05, 0) is 6.07 Å². The second-order valence-corrected chi connectivity index (χ2v) is 4.76. The van der Waals surface area contributed by atoms with E-state index >= 15 is 0 Å². The molecule has 4 nitrogen and oxygen atoms in total. The minimum atomic E-state index is -5.39.